The molecule has 7 nitrogen and oxygen atoms in total. The molecule has 0 amide bonds. The van der Waals surface area contributed by atoms with Crippen LogP contribution in [0.25, 0.3) is 0 Å². The Morgan fingerprint density at radius 3 is 2.65 bits per heavy atom. The summed E-state index contributed by atoms with van der Waals surface area (Å²) in [4.78, 5) is 19.7. The maximum absolute atomic E-state index is 5.90. The SMILES string of the molecule is Cc1cccnc1Nc1ccc([C@@H]2CN(c3ncccn3)CCO2)nc1. The fraction of sp³-hybridized carbons (Fsp3) is 0.263. The van der Waals surface area contributed by atoms with Crippen molar-refractivity contribution in [2.75, 3.05) is 29.9 Å². The van der Waals surface area contributed by atoms with Crippen LogP contribution in [0.5, 0.6) is 0 Å². The summed E-state index contributed by atoms with van der Waals surface area (Å²) in [5.41, 5.74) is 2.88. The Morgan fingerprint density at radius 2 is 1.88 bits per heavy atom. The summed E-state index contributed by atoms with van der Waals surface area (Å²) in [6.07, 6.45) is 6.99. The third-order valence-electron chi connectivity index (χ3n) is 4.29. The number of anilines is 3. The number of nitrogens with zero attached hydrogens (tertiary/aromatic N) is 5. The van der Waals surface area contributed by atoms with Crippen LogP contribution >= 0.6 is 0 Å². The van der Waals surface area contributed by atoms with E-state index in [1.165, 1.54) is 0 Å². The highest BCUT2D eigenvalue weighted by Gasteiger charge is 2.24. The molecule has 0 aromatic carbocycles. The molecular weight excluding hydrogens is 328 g/mol. The molecule has 0 spiro atoms. The van der Waals surface area contributed by atoms with Gasteiger partial charge in [0.05, 0.1) is 30.7 Å². The molecule has 0 aliphatic carbocycles. The molecule has 0 bridgehead atoms. The van der Waals surface area contributed by atoms with Gasteiger partial charge in [0.1, 0.15) is 11.9 Å². The van der Waals surface area contributed by atoms with E-state index in [4.69, 9.17) is 4.74 Å². The third kappa shape index (κ3) is 3.62. The minimum atomic E-state index is -0.0989. The van der Waals surface area contributed by atoms with Crippen molar-refractivity contribution >= 4 is 17.5 Å². The molecule has 1 saturated heterocycles. The van der Waals surface area contributed by atoms with Crippen molar-refractivity contribution in [1.29, 1.82) is 0 Å². The molecule has 26 heavy (non-hydrogen) atoms. The lowest BCUT2D eigenvalue weighted by molar-refractivity contribution is 0.0365. The van der Waals surface area contributed by atoms with Crippen LogP contribution in [0.3, 0.4) is 0 Å². The summed E-state index contributed by atoms with van der Waals surface area (Å²) in [7, 11) is 0. The summed E-state index contributed by atoms with van der Waals surface area (Å²) in [5, 5.41) is 3.29. The van der Waals surface area contributed by atoms with Crippen LogP contribution in [-0.2, 0) is 4.74 Å². The number of aryl methyl sites for hydroxylation is 1. The van der Waals surface area contributed by atoms with E-state index < -0.39 is 0 Å². The van der Waals surface area contributed by atoms with E-state index in [9.17, 15) is 0 Å². The van der Waals surface area contributed by atoms with Crippen LogP contribution < -0.4 is 10.2 Å². The van der Waals surface area contributed by atoms with Crippen LogP contribution in [0.1, 0.15) is 17.4 Å². The molecule has 7 heteroatoms. The van der Waals surface area contributed by atoms with Gasteiger partial charge in [0.25, 0.3) is 0 Å². The van der Waals surface area contributed by atoms with Crippen molar-refractivity contribution in [3.8, 4) is 0 Å². The van der Waals surface area contributed by atoms with Crippen LogP contribution in [0.4, 0.5) is 17.5 Å². The summed E-state index contributed by atoms with van der Waals surface area (Å²) in [5.74, 6) is 1.56. The number of pyridine rings is 2. The number of hydrogen-bond donors (Lipinski definition) is 1. The van der Waals surface area contributed by atoms with Gasteiger partial charge in [0.15, 0.2) is 0 Å². The van der Waals surface area contributed by atoms with Gasteiger partial charge >= 0.3 is 0 Å². The standard InChI is InChI=1S/C19H20N6O/c1-14-4-2-7-20-18(14)24-15-5-6-16(23-12-15)17-13-25(10-11-26-17)19-21-8-3-9-22-19/h2-9,12,17H,10-11,13H2,1H3,(H,20,24)/t17-/m0/s1. The fourth-order valence-corrected chi connectivity index (χ4v) is 2.89. The van der Waals surface area contributed by atoms with Gasteiger partial charge in [-0.2, -0.15) is 0 Å². The highest BCUT2D eigenvalue weighted by atomic mass is 16.5. The predicted molar refractivity (Wildman–Crippen MR) is 99.4 cm³/mol. The lowest BCUT2D eigenvalue weighted by Gasteiger charge is -2.32. The molecule has 3 aromatic heterocycles. The topological polar surface area (TPSA) is 76.1 Å². The average molecular weight is 348 g/mol. The van der Waals surface area contributed by atoms with E-state index in [0.29, 0.717) is 13.2 Å². The van der Waals surface area contributed by atoms with Gasteiger partial charge in [-0.05, 0) is 36.8 Å². The van der Waals surface area contributed by atoms with Crippen LogP contribution in [-0.4, -0.2) is 39.6 Å². The minimum Gasteiger partial charge on any atom is -0.368 e. The Hall–Kier alpha value is -3.06. The molecule has 1 fully saturated rings. The van der Waals surface area contributed by atoms with Crippen molar-refractivity contribution in [2.24, 2.45) is 0 Å². The van der Waals surface area contributed by atoms with Gasteiger partial charge in [-0.3, -0.25) is 4.98 Å². The van der Waals surface area contributed by atoms with Crippen LogP contribution in [0.2, 0.25) is 0 Å². The first-order chi connectivity index (χ1) is 12.8. The number of hydrogen-bond acceptors (Lipinski definition) is 7. The van der Waals surface area contributed by atoms with Gasteiger partial charge in [-0.25, -0.2) is 15.0 Å². The lowest BCUT2D eigenvalue weighted by Crippen LogP contribution is -2.39. The normalized spacial score (nSPS) is 17.1. The second kappa shape index (κ2) is 7.45. The molecular formula is C19H20N6O. The summed E-state index contributed by atoms with van der Waals surface area (Å²) in [6, 6.07) is 9.74. The summed E-state index contributed by atoms with van der Waals surface area (Å²) < 4.78 is 5.90. The molecule has 1 aliphatic heterocycles. The van der Waals surface area contributed by atoms with Crippen LogP contribution in [0.15, 0.2) is 55.1 Å². The van der Waals surface area contributed by atoms with Gasteiger partial charge in [-0.15, -0.1) is 0 Å². The van der Waals surface area contributed by atoms with Crippen molar-refractivity contribution in [1.82, 2.24) is 19.9 Å². The Morgan fingerprint density at radius 1 is 1.04 bits per heavy atom. The molecule has 0 saturated carbocycles. The van der Waals surface area contributed by atoms with E-state index in [1.54, 1.807) is 18.6 Å². The zero-order valence-electron chi connectivity index (χ0n) is 14.5. The molecule has 3 aromatic rings. The van der Waals surface area contributed by atoms with E-state index >= 15 is 0 Å². The van der Waals surface area contributed by atoms with Crippen molar-refractivity contribution < 1.29 is 4.74 Å². The van der Waals surface area contributed by atoms with Gasteiger partial charge in [0, 0.05) is 25.1 Å². The first kappa shape index (κ1) is 16.4. The van der Waals surface area contributed by atoms with E-state index in [0.717, 1.165) is 35.3 Å². The summed E-state index contributed by atoms with van der Waals surface area (Å²) >= 11 is 0. The molecule has 4 rings (SSSR count). The number of aromatic nitrogens is 4. The van der Waals surface area contributed by atoms with E-state index in [1.807, 2.05) is 43.5 Å². The van der Waals surface area contributed by atoms with Gasteiger partial charge in [-0.1, -0.05) is 6.07 Å². The highest BCUT2D eigenvalue weighted by molar-refractivity contribution is 5.57. The smallest absolute Gasteiger partial charge is 0.225 e. The molecule has 1 aliphatic rings. The zero-order valence-corrected chi connectivity index (χ0v) is 14.5. The maximum atomic E-state index is 5.90. The third-order valence-corrected chi connectivity index (χ3v) is 4.29. The predicted octanol–water partition coefficient (Wildman–Crippen LogP) is 2.90. The van der Waals surface area contributed by atoms with Gasteiger partial charge in [0.2, 0.25) is 5.95 Å². The van der Waals surface area contributed by atoms with Crippen molar-refractivity contribution in [3.05, 3.63) is 66.4 Å². The molecule has 1 atom stereocenters. The number of ether oxygens (including phenoxy) is 1. The Bertz CT molecular complexity index is 855. The number of morpholine rings is 1. The van der Waals surface area contributed by atoms with Crippen molar-refractivity contribution in [2.45, 2.75) is 13.0 Å². The number of rotatable bonds is 4. The number of nitrogens with one attached hydrogen (secondary N) is 1. The second-order valence-corrected chi connectivity index (χ2v) is 6.12. The fourth-order valence-electron chi connectivity index (χ4n) is 2.89. The zero-order chi connectivity index (χ0) is 17.8. The van der Waals surface area contributed by atoms with Gasteiger partial charge < -0.3 is 15.0 Å². The van der Waals surface area contributed by atoms with Crippen molar-refractivity contribution in [3.63, 3.8) is 0 Å². The highest BCUT2D eigenvalue weighted by Crippen LogP contribution is 2.24. The minimum absolute atomic E-state index is 0.0989. The lowest BCUT2D eigenvalue weighted by atomic mass is 10.2. The Kier molecular flexibility index (Phi) is 4.70. The van der Waals surface area contributed by atoms with E-state index in [2.05, 4.69) is 30.2 Å². The second-order valence-electron chi connectivity index (χ2n) is 6.12. The molecule has 0 unspecified atom stereocenters. The first-order valence-corrected chi connectivity index (χ1v) is 8.58. The Labute approximate surface area is 152 Å². The maximum Gasteiger partial charge on any atom is 0.225 e. The molecule has 132 valence electrons. The molecule has 0 radical (unpaired) electrons. The first-order valence-electron chi connectivity index (χ1n) is 8.58. The Balaban J connectivity index is 1.45. The molecule has 4 heterocycles. The monoisotopic (exact) mass is 348 g/mol. The average Bonchev–Trinajstić information content (AvgIpc) is 2.71. The molecule has 1 N–H and O–H groups in total. The largest absolute Gasteiger partial charge is 0.368 e. The van der Waals surface area contributed by atoms with Crippen LogP contribution in [0, 0.1) is 6.92 Å². The summed E-state index contributed by atoms with van der Waals surface area (Å²) in [6.45, 7) is 4.10. The van der Waals surface area contributed by atoms with E-state index in [-0.39, 0.29) is 6.10 Å². The quantitative estimate of drug-likeness (QED) is 0.777.